The Morgan fingerprint density at radius 1 is 0.800 bits per heavy atom. The number of carbonyl (C=O) groups is 2. The van der Waals surface area contributed by atoms with E-state index in [0.29, 0.717) is 0 Å². The molecule has 0 saturated carbocycles. The summed E-state index contributed by atoms with van der Waals surface area (Å²) in [5, 5.41) is 4.56. The van der Waals surface area contributed by atoms with Crippen molar-refractivity contribution in [3.8, 4) is 0 Å². The highest BCUT2D eigenvalue weighted by Gasteiger charge is 2.09. The van der Waals surface area contributed by atoms with Gasteiger partial charge in [0.25, 0.3) is 20.2 Å². The molecule has 118 valence electrons. The number of nitrogens with one attached hydrogen (secondary N) is 2. The molecule has 2 N–H and O–H groups in total. The number of hydrogen-bond acceptors (Lipinski definition) is 8. The van der Waals surface area contributed by atoms with E-state index in [-0.39, 0.29) is 13.1 Å². The Hall–Kier alpha value is -1.24. The first-order chi connectivity index (χ1) is 8.99. The lowest BCUT2D eigenvalue weighted by atomic mass is 10.5. The van der Waals surface area contributed by atoms with E-state index in [1.807, 2.05) is 0 Å². The molecule has 0 fully saturated rings. The third-order valence-electron chi connectivity index (χ3n) is 1.58. The van der Waals surface area contributed by atoms with Crippen LogP contribution >= 0.6 is 0 Å². The van der Waals surface area contributed by atoms with Crippen molar-refractivity contribution >= 4 is 32.1 Å². The van der Waals surface area contributed by atoms with Gasteiger partial charge in [-0.1, -0.05) is 0 Å². The molecule has 0 aliphatic heterocycles. The molecule has 20 heavy (non-hydrogen) atoms. The van der Waals surface area contributed by atoms with Gasteiger partial charge in [-0.25, -0.2) is 0 Å². The van der Waals surface area contributed by atoms with Crippen molar-refractivity contribution in [2.24, 2.45) is 0 Å². The summed E-state index contributed by atoms with van der Waals surface area (Å²) in [5.74, 6) is -1.34. The van der Waals surface area contributed by atoms with Crippen molar-refractivity contribution in [2.75, 3.05) is 38.8 Å². The first-order valence-corrected chi connectivity index (χ1v) is 8.85. The van der Waals surface area contributed by atoms with Gasteiger partial charge in [0.1, 0.15) is 13.2 Å². The van der Waals surface area contributed by atoms with E-state index in [1.54, 1.807) is 0 Å². The summed E-state index contributed by atoms with van der Waals surface area (Å²) in [5.41, 5.74) is 0. The average molecular weight is 332 g/mol. The van der Waals surface area contributed by atoms with E-state index in [1.165, 1.54) is 0 Å². The van der Waals surface area contributed by atoms with E-state index in [0.717, 1.165) is 12.5 Å². The van der Waals surface area contributed by atoms with Gasteiger partial charge in [-0.05, 0) is 0 Å². The molecule has 0 aliphatic rings. The lowest BCUT2D eigenvalue weighted by molar-refractivity contribution is -0.124. The largest absolute Gasteiger partial charge is 0.352 e. The maximum Gasteiger partial charge on any atom is 0.264 e. The Morgan fingerprint density at radius 3 is 1.35 bits per heavy atom. The van der Waals surface area contributed by atoms with Gasteiger partial charge in [-0.3, -0.25) is 18.0 Å². The minimum absolute atomic E-state index is 0.0244. The zero-order valence-electron chi connectivity index (χ0n) is 10.9. The number of rotatable bonds is 9. The van der Waals surface area contributed by atoms with Crippen molar-refractivity contribution in [3.05, 3.63) is 0 Å². The molecule has 0 bridgehead atoms. The Balaban J connectivity index is 3.71. The van der Waals surface area contributed by atoms with Crippen molar-refractivity contribution in [3.63, 3.8) is 0 Å². The van der Waals surface area contributed by atoms with E-state index in [9.17, 15) is 26.4 Å². The highest BCUT2D eigenvalue weighted by molar-refractivity contribution is 7.86. The Bertz CT molecular complexity index is 489. The number of hydrogen-bond donors (Lipinski definition) is 2. The maximum atomic E-state index is 11.1. The third kappa shape index (κ3) is 13.2. The maximum absolute atomic E-state index is 11.1. The van der Waals surface area contributed by atoms with Crippen LogP contribution in [0.5, 0.6) is 0 Å². The Labute approximate surface area is 117 Å². The predicted molar refractivity (Wildman–Crippen MR) is 67.6 cm³/mol. The molecule has 0 aromatic heterocycles. The highest BCUT2D eigenvalue weighted by atomic mass is 32.2. The standard InChI is InChI=1S/C8H16N2O8S2/c1-19(13,14)17-5-7(11)9-3-4-10-8(12)6-18-20(2,15)16/h3-6H2,1-2H3,(H,9,11)(H,10,12). The second-order valence-corrected chi connectivity index (χ2v) is 6.92. The topological polar surface area (TPSA) is 145 Å². The molecule has 0 radical (unpaired) electrons. The van der Waals surface area contributed by atoms with Crippen molar-refractivity contribution in [1.82, 2.24) is 10.6 Å². The molecule has 12 heteroatoms. The second kappa shape index (κ2) is 8.14. The van der Waals surface area contributed by atoms with Crippen LogP contribution in [-0.4, -0.2) is 67.5 Å². The molecule has 0 aromatic rings. The molecule has 0 rings (SSSR count). The quantitative estimate of drug-likeness (QED) is 0.339. The van der Waals surface area contributed by atoms with Gasteiger partial charge in [-0.15, -0.1) is 0 Å². The van der Waals surface area contributed by atoms with Crippen LogP contribution in [0, 0.1) is 0 Å². The fourth-order valence-electron chi connectivity index (χ4n) is 0.827. The summed E-state index contributed by atoms with van der Waals surface area (Å²) in [6.45, 7) is -1.25. The predicted octanol–water partition coefficient (Wildman–Crippen LogP) is -2.83. The number of amides is 2. The van der Waals surface area contributed by atoms with Crippen LogP contribution in [0.1, 0.15) is 0 Å². The fourth-order valence-corrected chi connectivity index (χ4v) is 1.47. The zero-order valence-corrected chi connectivity index (χ0v) is 12.5. The van der Waals surface area contributed by atoms with Crippen LogP contribution in [0.3, 0.4) is 0 Å². The molecule has 0 atom stereocenters. The second-order valence-electron chi connectivity index (χ2n) is 3.63. The molecular formula is C8H16N2O8S2. The van der Waals surface area contributed by atoms with Crippen LogP contribution in [-0.2, 0) is 38.2 Å². The molecule has 0 heterocycles. The van der Waals surface area contributed by atoms with Crippen LogP contribution in [0.2, 0.25) is 0 Å². The van der Waals surface area contributed by atoms with Gasteiger partial charge in [0.2, 0.25) is 11.8 Å². The van der Waals surface area contributed by atoms with Gasteiger partial charge >= 0.3 is 0 Å². The average Bonchev–Trinajstić information content (AvgIpc) is 2.27. The SMILES string of the molecule is CS(=O)(=O)OCC(=O)NCCNC(=O)COS(C)(=O)=O. The molecule has 10 nitrogen and oxygen atoms in total. The van der Waals surface area contributed by atoms with Crippen LogP contribution < -0.4 is 10.6 Å². The van der Waals surface area contributed by atoms with Gasteiger partial charge in [0, 0.05) is 13.1 Å². The molecule has 0 spiro atoms. The lowest BCUT2D eigenvalue weighted by Gasteiger charge is -2.07. The summed E-state index contributed by atoms with van der Waals surface area (Å²) in [6.07, 6.45) is 1.62. The van der Waals surface area contributed by atoms with E-state index in [4.69, 9.17) is 0 Å². The van der Waals surface area contributed by atoms with Gasteiger partial charge in [-0.2, -0.15) is 16.8 Å². The van der Waals surface area contributed by atoms with Gasteiger partial charge in [0.15, 0.2) is 0 Å². The summed E-state index contributed by atoms with van der Waals surface area (Å²) < 4.78 is 50.8. The van der Waals surface area contributed by atoms with Gasteiger partial charge < -0.3 is 10.6 Å². The summed E-state index contributed by atoms with van der Waals surface area (Å²) in [6, 6.07) is 0. The van der Waals surface area contributed by atoms with E-state index in [2.05, 4.69) is 19.0 Å². The smallest absolute Gasteiger partial charge is 0.264 e. The van der Waals surface area contributed by atoms with Crippen molar-refractivity contribution in [2.45, 2.75) is 0 Å². The molecule has 0 aliphatic carbocycles. The first-order valence-electron chi connectivity index (χ1n) is 5.22. The highest BCUT2D eigenvalue weighted by Crippen LogP contribution is 1.86. The minimum atomic E-state index is -3.69. The molecule has 2 amide bonds. The fraction of sp³-hybridized carbons (Fsp3) is 0.750. The van der Waals surface area contributed by atoms with Crippen LogP contribution in [0.4, 0.5) is 0 Å². The lowest BCUT2D eigenvalue weighted by Crippen LogP contribution is -2.38. The van der Waals surface area contributed by atoms with Crippen molar-refractivity contribution < 1.29 is 34.8 Å². The Kier molecular flexibility index (Phi) is 7.63. The van der Waals surface area contributed by atoms with Crippen LogP contribution in [0.25, 0.3) is 0 Å². The molecule has 0 saturated heterocycles. The minimum Gasteiger partial charge on any atom is -0.352 e. The molecular weight excluding hydrogens is 316 g/mol. The van der Waals surface area contributed by atoms with E-state index >= 15 is 0 Å². The molecule has 0 aromatic carbocycles. The third-order valence-corrected chi connectivity index (χ3v) is 2.67. The zero-order chi connectivity index (χ0) is 15.8. The summed E-state index contributed by atoms with van der Waals surface area (Å²) >= 11 is 0. The first kappa shape index (κ1) is 18.8. The monoisotopic (exact) mass is 332 g/mol. The summed E-state index contributed by atoms with van der Waals surface area (Å²) in [7, 11) is -7.38. The van der Waals surface area contributed by atoms with Crippen LogP contribution in [0.15, 0.2) is 0 Å². The van der Waals surface area contributed by atoms with E-state index < -0.39 is 45.3 Å². The van der Waals surface area contributed by atoms with Crippen molar-refractivity contribution in [1.29, 1.82) is 0 Å². The molecule has 0 unspecified atom stereocenters. The number of carbonyl (C=O) groups excluding carboxylic acids is 2. The van der Waals surface area contributed by atoms with Gasteiger partial charge in [0.05, 0.1) is 12.5 Å². The summed E-state index contributed by atoms with van der Waals surface area (Å²) in [4.78, 5) is 22.1. The Morgan fingerprint density at radius 2 is 1.10 bits per heavy atom. The normalized spacial score (nSPS) is 11.9.